The first-order valence-corrected chi connectivity index (χ1v) is 9.74. The number of hydrogen-bond acceptors (Lipinski definition) is 5. The Morgan fingerprint density at radius 1 is 1.07 bits per heavy atom. The second kappa shape index (κ2) is 9.17. The van der Waals surface area contributed by atoms with Gasteiger partial charge in [0.1, 0.15) is 17.1 Å². The van der Waals surface area contributed by atoms with E-state index >= 15 is 0 Å². The Hall–Kier alpha value is -2.44. The number of carbonyl (C=O) groups is 1. The van der Waals surface area contributed by atoms with Gasteiger partial charge in [-0.05, 0) is 36.9 Å². The second-order valence-corrected chi connectivity index (χ2v) is 6.99. The Balaban J connectivity index is 1.76. The molecule has 1 aliphatic rings. The topological polar surface area (TPSA) is 54.0 Å². The molecule has 1 N–H and O–H groups in total. The molecule has 0 saturated carbocycles. The van der Waals surface area contributed by atoms with Gasteiger partial charge >= 0.3 is 0 Å². The number of hydrogen-bond donors (Lipinski definition) is 1. The zero-order valence-corrected chi connectivity index (χ0v) is 17.3. The van der Waals surface area contributed by atoms with E-state index in [0.29, 0.717) is 27.8 Å². The molecule has 1 fully saturated rings. The average Bonchev–Trinajstić information content (AvgIpc) is 2.73. The van der Waals surface area contributed by atoms with E-state index in [1.54, 1.807) is 24.3 Å². The van der Waals surface area contributed by atoms with Crippen molar-refractivity contribution < 1.29 is 14.3 Å². The number of amides is 1. The molecule has 7 heteroatoms. The first-order chi connectivity index (χ1) is 13.6. The van der Waals surface area contributed by atoms with E-state index in [1.807, 2.05) is 12.1 Å². The summed E-state index contributed by atoms with van der Waals surface area (Å²) in [6, 6.07) is 10.8. The van der Waals surface area contributed by atoms with Gasteiger partial charge < -0.3 is 24.6 Å². The monoisotopic (exact) mass is 403 g/mol. The van der Waals surface area contributed by atoms with Crippen LogP contribution >= 0.6 is 11.6 Å². The van der Waals surface area contributed by atoms with Gasteiger partial charge in [-0.3, -0.25) is 4.79 Å². The zero-order chi connectivity index (χ0) is 20.1. The van der Waals surface area contributed by atoms with Crippen molar-refractivity contribution >= 4 is 28.9 Å². The van der Waals surface area contributed by atoms with E-state index in [4.69, 9.17) is 21.1 Å². The van der Waals surface area contributed by atoms with Crippen molar-refractivity contribution in [3.63, 3.8) is 0 Å². The largest absolute Gasteiger partial charge is 0.496 e. The van der Waals surface area contributed by atoms with Crippen LogP contribution in [0.15, 0.2) is 36.4 Å². The zero-order valence-electron chi connectivity index (χ0n) is 16.5. The predicted octanol–water partition coefficient (Wildman–Crippen LogP) is 3.75. The number of nitrogens with zero attached hydrogens (tertiary/aromatic N) is 2. The second-order valence-electron chi connectivity index (χ2n) is 6.58. The van der Waals surface area contributed by atoms with Crippen LogP contribution in [0.1, 0.15) is 17.3 Å². The fourth-order valence-electron chi connectivity index (χ4n) is 3.41. The van der Waals surface area contributed by atoms with Crippen LogP contribution in [0.4, 0.5) is 11.4 Å². The number of halogens is 1. The smallest absolute Gasteiger partial charge is 0.263 e. The van der Waals surface area contributed by atoms with Crippen molar-refractivity contribution in [2.45, 2.75) is 6.92 Å². The van der Waals surface area contributed by atoms with Gasteiger partial charge in [0, 0.05) is 31.9 Å². The molecule has 3 rings (SSSR count). The van der Waals surface area contributed by atoms with E-state index in [1.165, 1.54) is 14.2 Å². The molecule has 0 bridgehead atoms. The molecule has 1 heterocycles. The molecule has 1 aliphatic heterocycles. The van der Waals surface area contributed by atoms with Crippen LogP contribution in [0.3, 0.4) is 0 Å². The number of benzene rings is 2. The van der Waals surface area contributed by atoms with Crippen molar-refractivity contribution in [1.82, 2.24) is 4.90 Å². The van der Waals surface area contributed by atoms with Gasteiger partial charge in [-0.25, -0.2) is 0 Å². The van der Waals surface area contributed by atoms with Crippen LogP contribution in [0.5, 0.6) is 11.5 Å². The van der Waals surface area contributed by atoms with Gasteiger partial charge in [-0.15, -0.1) is 0 Å². The minimum atomic E-state index is -0.310. The highest BCUT2D eigenvalue weighted by atomic mass is 35.5. The van der Waals surface area contributed by atoms with Gasteiger partial charge in [0.25, 0.3) is 5.91 Å². The molecule has 28 heavy (non-hydrogen) atoms. The number of likely N-dealkylation sites (N-methyl/N-ethyl adjacent to an activating group) is 1. The van der Waals surface area contributed by atoms with E-state index < -0.39 is 0 Å². The quantitative estimate of drug-likeness (QED) is 0.796. The maximum atomic E-state index is 12.8. The summed E-state index contributed by atoms with van der Waals surface area (Å²) in [5.74, 6) is 0.594. The third-order valence-electron chi connectivity index (χ3n) is 5.02. The molecular formula is C21H26ClN3O3. The van der Waals surface area contributed by atoms with Crippen LogP contribution < -0.4 is 19.7 Å². The number of ether oxygens (including phenoxy) is 2. The minimum absolute atomic E-state index is 0.310. The van der Waals surface area contributed by atoms with Gasteiger partial charge in [-0.2, -0.15) is 0 Å². The lowest BCUT2D eigenvalue weighted by atomic mass is 10.1. The fraction of sp³-hybridized carbons (Fsp3) is 0.381. The molecule has 6 nitrogen and oxygen atoms in total. The van der Waals surface area contributed by atoms with Crippen molar-refractivity contribution in [2.75, 3.05) is 57.2 Å². The summed E-state index contributed by atoms with van der Waals surface area (Å²) in [6.45, 7) is 7.18. The van der Waals surface area contributed by atoms with Crippen LogP contribution in [-0.4, -0.2) is 57.8 Å². The predicted molar refractivity (Wildman–Crippen MR) is 113 cm³/mol. The van der Waals surface area contributed by atoms with E-state index in [-0.39, 0.29) is 5.91 Å². The molecule has 0 atom stereocenters. The third kappa shape index (κ3) is 4.34. The molecule has 0 aliphatic carbocycles. The van der Waals surface area contributed by atoms with Gasteiger partial charge in [0.15, 0.2) is 0 Å². The number of anilines is 2. The molecule has 1 amide bonds. The molecule has 0 unspecified atom stereocenters. The fourth-order valence-corrected chi connectivity index (χ4v) is 3.71. The van der Waals surface area contributed by atoms with Crippen LogP contribution in [0.25, 0.3) is 0 Å². The highest BCUT2D eigenvalue weighted by Gasteiger charge is 2.20. The maximum absolute atomic E-state index is 12.8. The Morgan fingerprint density at radius 3 is 2.25 bits per heavy atom. The number of carbonyl (C=O) groups excluding carboxylic acids is 1. The van der Waals surface area contributed by atoms with Crippen LogP contribution in [-0.2, 0) is 0 Å². The Bertz CT molecular complexity index is 813. The van der Waals surface area contributed by atoms with Gasteiger partial charge in [0.05, 0.1) is 24.9 Å². The summed E-state index contributed by atoms with van der Waals surface area (Å²) >= 11 is 6.52. The van der Waals surface area contributed by atoms with E-state index in [0.717, 1.165) is 38.4 Å². The third-order valence-corrected chi connectivity index (χ3v) is 5.32. The van der Waals surface area contributed by atoms with Crippen molar-refractivity contribution in [1.29, 1.82) is 0 Å². The van der Waals surface area contributed by atoms with Gasteiger partial charge in [-0.1, -0.05) is 24.6 Å². The lowest BCUT2D eigenvalue weighted by Gasteiger charge is -2.36. The Kier molecular flexibility index (Phi) is 6.65. The highest BCUT2D eigenvalue weighted by molar-refractivity contribution is 6.33. The first-order valence-electron chi connectivity index (χ1n) is 9.36. The van der Waals surface area contributed by atoms with Crippen molar-refractivity contribution in [3.8, 4) is 11.5 Å². The molecule has 150 valence electrons. The summed E-state index contributed by atoms with van der Waals surface area (Å²) < 4.78 is 10.6. The molecule has 0 spiro atoms. The first kappa shape index (κ1) is 20.3. The Labute approximate surface area is 171 Å². The molecule has 0 aromatic heterocycles. The molecule has 2 aromatic carbocycles. The minimum Gasteiger partial charge on any atom is -0.496 e. The standard InChI is InChI=1S/C21H26ClN3O3/c1-4-24-10-12-25(13-11-24)17-9-8-15(14-16(17)22)23-21(26)20-18(27-2)6-5-7-19(20)28-3/h5-9,14H,4,10-13H2,1-3H3,(H,23,26). The summed E-state index contributed by atoms with van der Waals surface area (Å²) in [5, 5.41) is 3.50. The average molecular weight is 404 g/mol. The van der Waals surface area contributed by atoms with E-state index in [9.17, 15) is 4.79 Å². The summed E-state index contributed by atoms with van der Waals surface area (Å²) in [5.41, 5.74) is 1.97. The highest BCUT2D eigenvalue weighted by Crippen LogP contribution is 2.32. The summed E-state index contributed by atoms with van der Waals surface area (Å²) in [6.07, 6.45) is 0. The SMILES string of the molecule is CCN1CCN(c2ccc(NC(=O)c3c(OC)cccc3OC)cc2Cl)CC1. The molecule has 0 radical (unpaired) electrons. The number of nitrogens with one attached hydrogen (secondary N) is 1. The van der Waals surface area contributed by atoms with Crippen LogP contribution in [0, 0.1) is 0 Å². The maximum Gasteiger partial charge on any atom is 0.263 e. The van der Waals surface area contributed by atoms with Crippen molar-refractivity contribution in [2.24, 2.45) is 0 Å². The molecular weight excluding hydrogens is 378 g/mol. The molecule has 1 saturated heterocycles. The number of rotatable bonds is 6. The summed E-state index contributed by atoms with van der Waals surface area (Å²) in [7, 11) is 3.05. The van der Waals surface area contributed by atoms with E-state index in [2.05, 4.69) is 22.0 Å². The summed E-state index contributed by atoms with van der Waals surface area (Å²) in [4.78, 5) is 17.5. The number of methoxy groups -OCH3 is 2. The Morgan fingerprint density at radius 2 is 1.71 bits per heavy atom. The lowest BCUT2D eigenvalue weighted by Crippen LogP contribution is -2.46. The van der Waals surface area contributed by atoms with Crippen molar-refractivity contribution in [3.05, 3.63) is 47.0 Å². The lowest BCUT2D eigenvalue weighted by molar-refractivity contribution is 0.102. The number of piperazine rings is 1. The normalized spacial score (nSPS) is 14.6. The molecule has 2 aromatic rings. The van der Waals surface area contributed by atoms with Crippen LogP contribution in [0.2, 0.25) is 5.02 Å². The van der Waals surface area contributed by atoms with Gasteiger partial charge in [0.2, 0.25) is 0 Å².